The molecule has 1 aromatic rings. The van der Waals surface area contributed by atoms with Crippen LogP contribution in [0.15, 0.2) is 16.6 Å². The first-order valence-electron chi connectivity index (χ1n) is 6.27. The molecule has 1 aromatic carbocycles. The fourth-order valence-corrected chi connectivity index (χ4v) is 3.29. The van der Waals surface area contributed by atoms with Crippen molar-refractivity contribution in [3.05, 3.63) is 27.7 Å². The molecular formula is C14H17BrN2O2. The van der Waals surface area contributed by atoms with Crippen LogP contribution in [0.5, 0.6) is 0 Å². The van der Waals surface area contributed by atoms with E-state index in [-0.39, 0.29) is 11.8 Å². The zero-order chi connectivity index (χ0) is 14.2. The van der Waals surface area contributed by atoms with Crippen LogP contribution >= 0.6 is 15.9 Å². The molecule has 2 amide bonds. The zero-order valence-electron chi connectivity index (χ0n) is 11.3. The van der Waals surface area contributed by atoms with Crippen LogP contribution in [0.1, 0.15) is 24.5 Å². The normalized spacial score (nSPS) is 20.2. The predicted octanol–water partition coefficient (Wildman–Crippen LogP) is 2.31. The Morgan fingerprint density at radius 1 is 1.32 bits per heavy atom. The van der Waals surface area contributed by atoms with E-state index >= 15 is 0 Å². The van der Waals surface area contributed by atoms with Gasteiger partial charge in [-0.05, 0) is 53.9 Å². The number of hydrogen-bond acceptors (Lipinski definition) is 2. The van der Waals surface area contributed by atoms with Crippen molar-refractivity contribution in [1.29, 1.82) is 0 Å². The van der Waals surface area contributed by atoms with Gasteiger partial charge in [0.05, 0.1) is 5.69 Å². The number of nitrogens with zero attached hydrogens (tertiary/aromatic N) is 1. The molecule has 2 rings (SSSR count). The molecule has 4 nitrogen and oxygen atoms in total. The van der Waals surface area contributed by atoms with Crippen LogP contribution in [0, 0.1) is 13.8 Å². The van der Waals surface area contributed by atoms with Crippen molar-refractivity contribution < 1.29 is 9.59 Å². The van der Waals surface area contributed by atoms with Gasteiger partial charge in [-0.1, -0.05) is 6.07 Å². The number of aryl methyl sites for hydroxylation is 2. The van der Waals surface area contributed by atoms with Crippen molar-refractivity contribution >= 4 is 33.4 Å². The molecule has 0 aromatic heterocycles. The minimum atomic E-state index is -0.484. The molecule has 1 aliphatic rings. The molecule has 1 atom stereocenters. The number of amides is 2. The first-order valence-corrected chi connectivity index (χ1v) is 7.07. The third kappa shape index (κ3) is 2.81. The molecule has 1 saturated heterocycles. The highest BCUT2D eigenvalue weighted by molar-refractivity contribution is 9.10. The summed E-state index contributed by atoms with van der Waals surface area (Å²) in [5, 5.41) is 2.70. The van der Waals surface area contributed by atoms with Crippen molar-refractivity contribution in [3.8, 4) is 0 Å². The fraction of sp³-hybridized carbons (Fsp3) is 0.429. The van der Waals surface area contributed by atoms with Gasteiger partial charge in [0.15, 0.2) is 0 Å². The van der Waals surface area contributed by atoms with Crippen LogP contribution in [0.3, 0.4) is 0 Å². The quantitative estimate of drug-likeness (QED) is 0.861. The highest BCUT2D eigenvalue weighted by Gasteiger charge is 2.29. The maximum atomic E-state index is 12.4. The first-order chi connectivity index (χ1) is 8.90. The summed E-state index contributed by atoms with van der Waals surface area (Å²) in [5.74, 6) is -0.150. The third-order valence-electron chi connectivity index (χ3n) is 3.24. The number of carbonyl (C=O) groups excluding carboxylic acids is 2. The number of benzene rings is 1. The maximum absolute atomic E-state index is 12.4. The second-order valence-electron chi connectivity index (χ2n) is 4.94. The second-order valence-corrected chi connectivity index (χ2v) is 5.80. The number of halogens is 1. The van der Waals surface area contributed by atoms with Crippen LogP contribution in [0.2, 0.25) is 0 Å². The Morgan fingerprint density at radius 3 is 2.63 bits per heavy atom. The Hall–Kier alpha value is -1.36. The molecule has 1 unspecified atom stereocenters. The van der Waals surface area contributed by atoms with E-state index in [1.807, 2.05) is 26.0 Å². The molecule has 1 aliphatic heterocycles. The van der Waals surface area contributed by atoms with Crippen LogP contribution in [0.25, 0.3) is 0 Å². The molecule has 1 heterocycles. The Kier molecular flexibility index (Phi) is 3.94. The molecule has 1 N–H and O–H groups in total. The molecule has 19 heavy (non-hydrogen) atoms. The largest absolute Gasteiger partial charge is 0.345 e. The Labute approximate surface area is 121 Å². The van der Waals surface area contributed by atoms with Crippen LogP contribution < -0.4 is 10.2 Å². The summed E-state index contributed by atoms with van der Waals surface area (Å²) < 4.78 is 0.889. The lowest BCUT2D eigenvalue weighted by molar-refractivity contribution is -0.125. The highest BCUT2D eigenvalue weighted by atomic mass is 79.9. The monoisotopic (exact) mass is 324 g/mol. The number of nitrogens with one attached hydrogen (secondary N) is 1. The van der Waals surface area contributed by atoms with Crippen LogP contribution in [0.4, 0.5) is 5.69 Å². The number of anilines is 1. The second kappa shape index (κ2) is 5.33. The van der Waals surface area contributed by atoms with Crippen LogP contribution in [-0.4, -0.2) is 24.4 Å². The van der Waals surface area contributed by atoms with Gasteiger partial charge in [0.1, 0.15) is 6.04 Å². The average molecular weight is 325 g/mol. The van der Waals surface area contributed by atoms with Gasteiger partial charge in [-0.3, -0.25) is 9.59 Å². The molecule has 0 saturated carbocycles. The summed E-state index contributed by atoms with van der Waals surface area (Å²) in [6.07, 6.45) is 0.329. The zero-order valence-corrected chi connectivity index (χ0v) is 12.9. The number of rotatable bonds is 1. The number of carbonyl (C=O) groups is 2. The number of hydrogen-bond donors (Lipinski definition) is 1. The molecule has 5 heteroatoms. The smallest absolute Gasteiger partial charge is 0.249 e. The third-order valence-corrected chi connectivity index (χ3v) is 3.85. The van der Waals surface area contributed by atoms with Gasteiger partial charge in [-0.2, -0.15) is 0 Å². The summed E-state index contributed by atoms with van der Waals surface area (Å²) in [5.41, 5.74) is 3.03. The van der Waals surface area contributed by atoms with Crippen molar-refractivity contribution in [2.45, 2.75) is 33.2 Å². The Morgan fingerprint density at radius 2 is 2.00 bits per heavy atom. The van der Waals surface area contributed by atoms with Gasteiger partial charge in [-0.15, -0.1) is 0 Å². The van der Waals surface area contributed by atoms with Crippen molar-refractivity contribution in [2.24, 2.45) is 0 Å². The van der Waals surface area contributed by atoms with Crippen molar-refractivity contribution in [2.75, 3.05) is 11.4 Å². The van der Waals surface area contributed by atoms with Crippen molar-refractivity contribution in [3.63, 3.8) is 0 Å². The van der Waals surface area contributed by atoms with E-state index in [1.54, 1.807) is 11.8 Å². The molecule has 0 spiro atoms. The van der Waals surface area contributed by atoms with E-state index in [9.17, 15) is 9.59 Å². The van der Waals surface area contributed by atoms with Gasteiger partial charge < -0.3 is 10.2 Å². The van der Waals surface area contributed by atoms with Gasteiger partial charge in [0, 0.05) is 17.4 Å². The summed E-state index contributed by atoms with van der Waals surface area (Å²) in [6, 6.07) is 3.54. The average Bonchev–Trinajstić information content (AvgIpc) is 2.41. The minimum absolute atomic E-state index is 0.0708. The standard InChI is InChI=1S/C14H17BrN2O2/c1-8-6-9(2)13(11(15)7-8)17-5-4-12(18)16-10(3)14(17)19/h6-7,10H,4-5H2,1-3H3,(H,16,18). The highest BCUT2D eigenvalue weighted by Crippen LogP contribution is 2.32. The lowest BCUT2D eigenvalue weighted by Crippen LogP contribution is -2.43. The maximum Gasteiger partial charge on any atom is 0.249 e. The summed E-state index contributed by atoms with van der Waals surface area (Å²) in [7, 11) is 0. The van der Waals surface area contributed by atoms with E-state index in [2.05, 4.69) is 21.2 Å². The Balaban J connectivity index is 2.45. The van der Waals surface area contributed by atoms with Crippen LogP contribution in [-0.2, 0) is 9.59 Å². The lowest BCUT2D eigenvalue weighted by Gasteiger charge is -2.25. The molecule has 102 valence electrons. The van der Waals surface area contributed by atoms with Gasteiger partial charge in [0.25, 0.3) is 0 Å². The fourth-order valence-electron chi connectivity index (χ4n) is 2.40. The van der Waals surface area contributed by atoms with Gasteiger partial charge in [-0.25, -0.2) is 0 Å². The van der Waals surface area contributed by atoms with Crippen molar-refractivity contribution in [1.82, 2.24) is 5.32 Å². The van der Waals surface area contributed by atoms with E-state index in [0.29, 0.717) is 13.0 Å². The predicted molar refractivity (Wildman–Crippen MR) is 78.2 cm³/mol. The van der Waals surface area contributed by atoms with Gasteiger partial charge >= 0.3 is 0 Å². The Bertz CT molecular complexity index is 519. The molecule has 1 fully saturated rings. The lowest BCUT2D eigenvalue weighted by atomic mass is 10.1. The van der Waals surface area contributed by atoms with E-state index < -0.39 is 6.04 Å². The van der Waals surface area contributed by atoms with E-state index in [1.165, 1.54) is 0 Å². The minimum Gasteiger partial charge on any atom is -0.345 e. The SMILES string of the molecule is Cc1cc(C)c(N2CCC(=O)NC(C)C2=O)c(Br)c1. The topological polar surface area (TPSA) is 49.4 Å². The van der Waals surface area contributed by atoms with E-state index in [0.717, 1.165) is 21.3 Å². The van der Waals surface area contributed by atoms with Gasteiger partial charge in [0.2, 0.25) is 11.8 Å². The molecular weight excluding hydrogens is 308 g/mol. The summed E-state index contributed by atoms with van der Waals surface area (Å²) >= 11 is 3.52. The summed E-state index contributed by atoms with van der Waals surface area (Å²) in [6.45, 7) is 6.12. The molecule has 0 radical (unpaired) electrons. The molecule has 0 aliphatic carbocycles. The first kappa shape index (κ1) is 14.1. The van der Waals surface area contributed by atoms with E-state index in [4.69, 9.17) is 0 Å². The summed E-state index contributed by atoms with van der Waals surface area (Å²) in [4.78, 5) is 25.6. The molecule has 0 bridgehead atoms.